The number of anilines is 1. The maximum atomic E-state index is 12.3. The van der Waals surface area contributed by atoms with E-state index in [2.05, 4.69) is 21.2 Å². The number of carbonyl (C=O) groups excluding carboxylic acids is 3. The van der Waals surface area contributed by atoms with Crippen LogP contribution in [-0.2, 0) is 9.59 Å². The zero-order valence-electron chi connectivity index (χ0n) is 11.0. The molecule has 1 aromatic rings. The molecule has 1 aliphatic rings. The molecule has 8 nitrogen and oxygen atoms in total. The van der Waals surface area contributed by atoms with Crippen LogP contribution in [-0.4, -0.2) is 22.8 Å². The standard InChI is InChI=1S/C12H10BrN3O5/c1-12(2)9(17)14-11(19)15(10(12)18)8-4-3-6(16(20)21)5-7(8)13/h3-5H,1-2H3,(H,14,17,19). The first kappa shape index (κ1) is 15.1. The van der Waals surface area contributed by atoms with E-state index in [1.165, 1.54) is 32.0 Å². The Labute approximate surface area is 127 Å². The lowest BCUT2D eigenvalue weighted by Gasteiger charge is -2.34. The average Bonchev–Trinajstić information content (AvgIpc) is 2.38. The summed E-state index contributed by atoms with van der Waals surface area (Å²) in [6.45, 7) is 2.78. The second-order valence-electron chi connectivity index (χ2n) is 4.92. The molecule has 1 aromatic carbocycles. The van der Waals surface area contributed by atoms with Crippen LogP contribution in [0.1, 0.15) is 13.8 Å². The van der Waals surface area contributed by atoms with Gasteiger partial charge in [-0.1, -0.05) is 0 Å². The first-order valence-corrected chi connectivity index (χ1v) is 6.59. The molecular weight excluding hydrogens is 346 g/mol. The third kappa shape index (κ3) is 2.40. The monoisotopic (exact) mass is 355 g/mol. The van der Waals surface area contributed by atoms with E-state index in [9.17, 15) is 24.5 Å². The van der Waals surface area contributed by atoms with E-state index in [1.54, 1.807) is 0 Å². The Morgan fingerprint density at radius 1 is 1.29 bits per heavy atom. The molecule has 0 saturated carbocycles. The van der Waals surface area contributed by atoms with Gasteiger partial charge in [0, 0.05) is 16.6 Å². The molecular formula is C12H10BrN3O5. The molecule has 4 amide bonds. The summed E-state index contributed by atoms with van der Waals surface area (Å²) in [5.41, 5.74) is -1.47. The van der Waals surface area contributed by atoms with Crippen LogP contribution >= 0.6 is 15.9 Å². The molecule has 0 spiro atoms. The zero-order chi connectivity index (χ0) is 15.9. The Morgan fingerprint density at radius 3 is 2.43 bits per heavy atom. The highest BCUT2D eigenvalue weighted by atomic mass is 79.9. The molecule has 21 heavy (non-hydrogen) atoms. The van der Waals surface area contributed by atoms with Crippen LogP contribution in [0, 0.1) is 15.5 Å². The van der Waals surface area contributed by atoms with Gasteiger partial charge < -0.3 is 0 Å². The third-order valence-electron chi connectivity index (χ3n) is 3.11. The van der Waals surface area contributed by atoms with Crippen LogP contribution in [0.15, 0.2) is 22.7 Å². The number of nitro benzene ring substituents is 1. The molecule has 0 aromatic heterocycles. The third-order valence-corrected chi connectivity index (χ3v) is 3.75. The lowest BCUT2D eigenvalue weighted by atomic mass is 9.88. The number of urea groups is 1. The molecule has 0 atom stereocenters. The van der Waals surface area contributed by atoms with Crippen molar-refractivity contribution >= 4 is 45.2 Å². The van der Waals surface area contributed by atoms with Gasteiger partial charge in [-0.25, -0.2) is 9.69 Å². The number of hydrogen-bond donors (Lipinski definition) is 1. The van der Waals surface area contributed by atoms with E-state index in [4.69, 9.17) is 0 Å². The predicted molar refractivity (Wildman–Crippen MR) is 75.6 cm³/mol. The average molecular weight is 356 g/mol. The number of benzene rings is 1. The second-order valence-corrected chi connectivity index (χ2v) is 5.77. The lowest BCUT2D eigenvalue weighted by molar-refractivity contribution is -0.384. The van der Waals surface area contributed by atoms with Gasteiger partial charge >= 0.3 is 6.03 Å². The Kier molecular flexibility index (Phi) is 3.54. The largest absolute Gasteiger partial charge is 0.335 e. The van der Waals surface area contributed by atoms with E-state index < -0.39 is 28.2 Å². The number of nitrogens with zero attached hydrogens (tertiary/aromatic N) is 2. The number of barbiturate groups is 1. The van der Waals surface area contributed by atoms with Crippen LogP contribution in [0.5, 0.6) is 0 Å². The van der Waals surface area contributed by atoms with Crippen molar-refractivity contribution in [3.05, 3.63) is 32.8 Å². The molecule has 110 valence electrons. The predicted octanol–water partition coefficient (Wildman–Crippen LogP) is 1.97. The number of nitrogens with one attached hydrogen (secondary N) is 1. The van der Waals surface area contributed by atoms with Gasteiger partial charge in [0.2, 0.25) is 11.8 Å². The van der Waals surface area contributed by atoms with E-state index in [1.807, 2.05) is 0 Å². The molecule has 1 fully saturated rings. The minimum absolute atomic E-state index is 0.128. The summed E-state index contributed by atoms with van der Waals surface area (Å²) in [6, 6.07) is 2.73. The van der Waals surface area contributed by atoms with E-state index in [-0.39, 0.29) is 15.8 Å². The van der Waals surface area contributed by atoms with Crippen LogP contribution in [0.4, 0.5) is 16.2 Å². The van der Waals surface area contributed by atoms with E-state index in [0.717, 1.165) is 4.90 Å². The normalized spacial score (nSPS) is 17.7. The SMILES string of the molecule is CC1(C)C(=O)NC(=O)N(c2ccc([N+](=O)[O-])cc2Br)C1=O. The van der Waals surface area contributed by atoms with Gasteiger partial charge in [-0.2, -0.15) is 0 Å². The topological polar surface area (TPSA) is 110 Å². The summed E-state index contributed by atoms with van der Waals surface area (Å²) in [4.78, 5) is 46.8. The number of carbonyl (C=O) groups is 3. The number of rotatable bonds is 2. The van der Waals surface area contributed by atoms with Gasteiger partial charge in [0.1, 0.15) is 5.41 Å². The number of imide groups is 2. The van der Waals surface area contributed by atoms with Crippen molar-refractivity contribution in [1.82, 2.24) is 5.32 Å². The molecule has 1 heterocycles. The first-order valence-electron chi connectivity index (χ1n) is 5.80. The molecule has 0 bridgehead atoms. The smallest absolute Gasteiger partial charge is 0.276 e. The molecule has 2 rings (SSSR count). The Balaban J connectivity index is 2.50. The van der Waals surface area contributed by atoms with Crippen molar-refractivity contribution in [2.45, 2.75) is 13.8 Å². The fraction of sp³-hybridized carbons (Fsp3) is 0.250. The minimum Gasteiger partial charge on any atom is -0.276 e. The summed E-state index contributed by atoms with van der Waals surface area (Å²) in [5, 5.41) is 12.8. The van der Waals surface area contributed by atoms with Gasteiger partial charge in [-0.05, 0) is 35.8 Å². The first-order chi connectivity index (χ1) is 9.66. The Morgan fingerprint density at radius 2 is 1.90 bits per heavy atom. The molecule has 1 N–H and O–H groups in total. The number of hydrogen-bond acceptors (Lipinski definition) is 5. The molecule has 0 aliphatic carbocycles. The van der Waals surface area contributed by atoms with Gasteiger partial charge in [0.05, 0.1) is 10.6 Å². The fourth-order valence-electron chi connectivity index (χ4n) is 1.79. The van der Waals surface area contributed by atoms with Crippen molar-refractivity contribution < 1.29 is 19.3 Å². The lowest BCUT2D eigenvalue weighted by Crippen LogP contribution is -2.62. The molecule has 0 unspecified atom stereocenters. The number of non-ortho nitro benzene ring substituents is 1. The second kappa shape index (κ2) is 4.92. The Bertz CT molecular complexity index is 685. The van der Waals surface area contributed by atoms with Crippen molar-refractivity contribution in [3.8, 4) is 0 Å². The molecule has 1 saturated heterocycles. The van der Waals surface area contributed by atoms with Crippen molar-refractivity contribution in [1.29, 1.82) is 0 Å². The molecule has 9 heteroatoms. The quantitative estimate of drug-likeness (QED) is 0.495. The van der Waals surface area contributed by atoms with Crippen LogP contribution < -0.4 is 10.2 Å². The van der Waals surface area contributed by atoms with E-state index >= 15 is 0 Å². The highest BCUT2D eigenvalue weighted by molar-refractivity contribution is 9.10. The summed E-state index contributed by atoms with van der Waals surface area (Å²) >= 11 is 3.10. The fourth-order valence-corrected chi connectivity index (χ4v) is 2.33. The Hall–Kier alpha value is -2.29. The zero-order valence-corrected chi connectivity index (χ0v) is 12.6. The van der Waals surface area contributed by atoms with E-state index in [0.29, 0.717) is 0 Å². The number of nitro groups is 1. The maximum absolute atomic E-state index is 12.3. The van der Waals surface area contributed by atoms with Crippen LogP contribution in [0.3, 0.4) is 0 Å². The highest BCUT2D eigenvalue weighted by Gasteiger charge is 2.48. The maximum Gasteiger partial charge on any atom is 0.335 e. The number of amides is 4. The molecule has 0 radical (unpaired) electrons. The summed E-state index contributed by atoms with van der Waals surface area (Å²) in [7, 11) is 0. The molecule has 1 aliphatic heterocycles. The summed E-state index contributed by atoms with van der Waals surface area (Å²) in [6.07, 6.45) is 0. The van der Waals surface area contributed by atoms with Gasteiger partial charge in [-0.15, -0.1) is 0 Å². The van der Waals surface area contributed by atoms with Gasteiger partial charge in [0.15, 0.2) is 0 Å². The van der Waals surface area contributed by atoms with Crippen molar-refractivity contribution in [3.63, 3.8) is 0 Å². The van der Waals surface area contributed by atoms with Crippen molar-refractivity contribution in [2.75, 3.05) is 4.90 Å². The van der Waals surface area contributed by atoms with Crippen LogP contribution in [0.25, 0.3) is 0 Å². The minimum atomic E-state index is -1.41. The number of halogens is 1. The van der Waals surface area contributed by atoms with Gasteiger partial charge in [-0.3, -0.25) is 25.0 Å². The van der Waals surface area contributed by atoms with Gasteiger partial charge in [0.25, 0.3) is 5.69 Å². The van der Waals surface area contributed by atoms with Crippen molar-refractivity contribution in [2.24, 2.45) is 5.41 Å². The highest BCUT2D eigenvalue weighted by Crippen LogP contribution is 2.34. The summed E-state index contributed by atoms with van der Waals surface area (Å²) < 4.78 is 0.199. The summed E-state index contributed by atoms with van der Waals surface area (Å²) in [5.74, 6) is -1.39. The van der Waals surface area contributed by atoms with Crippen LogP contribution in [0.2, 0.25) is 0 Å².